The van der Waals surface area contributed by atoms with E-state index in [-0.39, 0.29) is 18.4 Å². The molecule has 0 aromatic carbocycles. The quantitative estimate of drug-likeness (QED) is 0.772. The molecule has 1 amide bonds. The van der Waals surface area contributed by atoms with Gasteiger partial charge in [-0.2, -0.15) is 0 Å². The Morgan fingerprint density at radius 3 is 2.86 bits per heavy atom. The summed E-state index contributed by atoms with van der Waals surface area (Å²) in [5.41, 5.74) is 0.955. The molecular formula is C17H26N2O2. The monoisotopic (exact) mass is 290 g/mol. The Balaban J connectivity index is 1.66. The molecule has 2 rings (SSSR count). The summed E-state index contributed by atoms with van der Waals surface area (Å²) >= 11 is 0. The highest BCUT2D eigenvalue weighted by atomic mass is 16.3. The van der Waals surface area contributed by atoms with Gasteiger partial charge in [0.15, 0.2) is 0 Å². The zero-order valence-corrected chi connectivity index (χ0v) is 12.6. The van der Waals surface area contributed by atoms with Gasteiger partial charge in [0, 0.05) is 37.4 Å². The summed E-state index contributed by atoms with van der Waals surface area (Å²) in [6, 6.07) is 5.77. The minimum absolute atomic E-state index is 0.0373. The van der Waals surface area contributed by atoms with Crippen molar-refractivity contribution in [3.63, 3.8) is 0 Å². The second-order valence-electron chi connectivity index (χ2n) is 6.07. The third kappa shape index (κ3) is 5.84. The number of aliphatic hydroxyl groups excluding tert-OH is 1. The van der Waals surface area contributed by atoms with Crippen molar-refractivity contribution in [2.75, 3.05) is 13.2 Å². The largest absolute Gasteiger partial charge is 0.396 e. The third-order valence-electron chi connectivity index (χ3n) is 4.32. The number of carbonyl (C=O) groups excluding carboxylic acids is 1. The summed E-state index contributed by atoms with van der Waals surface area (Å²) < 4.78 is 0. The molecular weight excluding hydrogens is 264 g/mol. The van der Waals surface area contributed by atoms with Crippen LogP contribution < -0.4 is 5.32 Å². The van der Waals surface area contributed by atoms with Crippen molar-refractivity contribution >= 4 is 5.91 Å². The molecule has 0 aliphatic heterocycles. The fourth-order valence-corrected chi connectivity index (χ4v) is 3.00. The van der Waals surface area contributed by atoms with Crippen LogP contribution in [0.4, 0.5) is 0 Å². The van der Waals surface area contributed by atoms with Crippen molar-refractivity contribution in [2.24, 2.45) is 11.8 Å². The van der Waals surface area contributed by atoms with Gasteiger partial charge < -0.3 is 10.4 Å². The highest BCUT2D eigenvalue weighted by Crippen LogP contribution is 2.28. The predicted octanol–water partition coefficient (Wildman–Crippen LogP) is 2.32. The minimum atomic E-state index is 0.0373. The van der Waals surface area contributed by atoms with Gasteiger partial charge in [-0.3, -0.25) is 9.78 Å². The number of nitrogens with one attached hydrogen (secondary N) is 1. The smallest absolute Gasteiger partial charge is 0.220 e. The molecule has 4 heteroatoms. The molecule has 0 bridgehead atoms. The van der Waals surface area contributed by atoms with Gasteiger partial charge in [-0.15, -0.1) is 0 Å². The van der Waals surface area contributed by atoms with Gasteiger partial charge in [-0.25, -0.2) is 0 Å². The highest BCUT2D eigenvalue weighted by molar-refractivity contribution is 5.75. The van der Waals surface area contributed by atoms with Crippen molar-refractivity contribution in [2.45, 2.75) is 44.9 Å². The van der Waals surface area contributed by atoms with Crippen LogP contribution in [-0.2, 0) is 11.2 Å². The van der Waals surface area contributed by atoms with E-state index in [1.807, 2.05) is 18.2 Å². The molecule has 1 heterocycles. The van der Waals surface area contributed by atoms with E-state index in [4.69, 9.17) is 0 Å². The Labute approximate surface area is 127 Å². The zero-order valence-electron chi connectivity index (χ0n) is 12.6. The minimum Gasteiger partial charge on any atom is -0.396 e. The van der Waals surface area contributed by atoms with Crippen LogP contribution in [0.3, 0.4) is 0 Å². The average molecular weight is 290 g/mol. The normalized spacial score (nSPS) is 16.8. The SMILES string of the molecule is O=C(CCC1CCCC1)NCC(CO)Cc1ccccn1. The van der Waals surface area contributed by atoms with Crippen LogP contribution >= 0.6 is 0 Å². The molecule has 1 fully saturated rings. The molecule has 1 aliphatic rings. The molecule has 1 atom stereocenters. The summed E-state index contributed by atoms with van der Waals surface area (Å²) in [5, 5.41) is 12.4. The number of hydrogen-bond donors (Lipinski definition) is 2. The van der Waals surface area contributed by atoms with E-state index in [0.717, 1.165) is 18.0 Å². The van der Waals surface area contributed by atoms with Crippen molar-refractivity contribution < 1.29 is 9.90 Å². The maximum Gasteiger partial charge on any atom is 0.220 e. The summed E-state index contributed by atoms with van der Waals surface area (Å²) in [4.78, 5) is 16.1. The molecule has 4 nitrogen and oxygen atoms in total. The lowest BCUT2D eigenvalue weighted by Gasteiger charge is -2.15. The topological polar surface area (TPSA) is 62.2 Å². The van der Waals surface area contributed by atoms with Crippen LogP contribution in [0, 0.1) is 11.8 Å². The number of aliphatic hydroxyl groups is 1. The number of rotatable bonds is 8. The molecule has 1 aliphatic carbocycles. The Kier molecular flexibility index (Phi) is 6.67. The number of hydrogen-bond acceptors (Lipinski definition) is 3. The lowest BCUT2D eigenvalue weighted by Crippen LogP contribution is -2.32. The van der Waals surface area contributed by atoms with Crippen LogP contribution in [-0.4, -0.2) is 29.1 Å². The van der Waals surface area contributed by atoms with E-state index in [9.17, 15) is 9.90 Å². The van der Waals surface area contributed by atoms with Crippen LogP contribution in [0.5, 0.6) is 0 Å². The van der Waals surface area contributed by atoms with Crippen LogP contribution in [0.1, 0.15) is 44.2 Å². The second-order valence-corrected chi connectivity index (χ2v) is 6.07. The van der Waals surface area contributed by atoms with E-state index in [2.05, 4.69) is 10.3 Å². The maximum atomic E-state index is 11.9. The van der Waals surface area contributed by atoms with Crippen molar-refractivity contribution in [3.8, 4) is 0 Å². The average Bonchev–Trinajstić information content (AvgIpc) is 3.03. The lowest BCUT2D eigenvalue weighted by atomic mass is 10.0. The van der Waals surface area contributed by atoms with Crippen LogP contribution in [0.2, 0.25) is 0 Å². The molecule has 1 saturated carbocycles. The van der Waals surface area contributed by atoms with E-state index in [1.165, 1.54) is 25.7 Å². The van der Waals surface area contributed by atoms with Crippen molar-refractivity contribution in [1.29, 1.82) is 0 Å². The molecule has 116 valence electrons. The standard InChI is InChI=1S/C17H26N2O2/c20-13-15(11-16-7-3-4-10-18-16)12-19-17(21)9-8-14-5-1-2-6-14/h3-4,7,10,14-15,20H,1-2,5-6,8-9,11-13H2,(H,19,21). The van der Waals surface area contributed by atoms with Gasteiger partial charge in [0.25, 0.3) is 0 Å². The number of nitrogens with zero attached hydrogens (tertiary/aromatic N) is 1. The first-order valence-corrected chi connectivity index (χ1v) is 8.05. The van der Waals surface area contributed by atoms with Gasteiger partial charge in [-0.05, 0) is 30.9 Å². The van der Waals surface area contributed by atoms with Gasteiger partial charge in [-0.1, -0.05) is 31.7 Å². The first-order chi connectivity index (χ1) is 10.3. The molecule has 21 heavy (non-hydrogen) atoms. The van der Waals surface area contributed by atoms with E-state index in [1.54, 1.807) is 6.20 Å². The van der Waals surface area contributed by atoms with Crippen LogP contribution in [0.15, 0.2) is 24.4 Å². The Hall–Kier alpha value is -1.42. The van der Waals surface area contributed by atoms with Gasteiger partial charge >= 0.3 is 0 Å². The molecule has 2 N–H and O–H groups in total. The van der Waals surface area contributed by atoms with Crippen LogP contribution in [0.25, 0.3) is 0 Å². The first-order valence-electron chi connectivity index (χ1n) is 8.05. The van der Waals surface area contributed by atoms with E-state index >= 15 is 0 Å². The van der Waals surface area contributed by atoms with Gasteiger partial charge in [0.05, 0.1) is 0 Å². The van der Waals surface area contributed by atoms with Gasteiger partial charge in [0.1, 0.15) is 0 Å². The van der Waals surface area contributed by atoms with E-state index in [0.29, 0.717) is 19.4 Å². The molecule has 1 unspecified atom stereocenters. The molecule has 0 spiro atoms. The summed E-state index contributed by atoms with van der Waals surface area (Å²) in [6.45, 7) is 0.593. The predicted molar refractivity (Wildman–Crippen MR) is 82.7 cm³/mol. The Morgan fingerprint density at radius 1 is 1.38 bits per heavy atom. The van der Waals surface area contributed by atoms with Gasteiger partial charge in [0.2, 0.25) is 5.91 Å². The number of carbonyl (C=O) groups is 1. The number of amides is 1. The first kappa shape index (κ1) is 16.0. The lowest BCUT2D eigenvalue weighted by molar-refractivity contribution is -0.121. The fraction of sp³-hybridized carbons (Fsp3) is 0.647. The number of aromatic nitrogens is 1. The summed E-state index contributed by atoms with van der Waals surface area (Å²) in [6.07, 6.45) is 9.29. The summed E-state index contributed by atoms with van der Waals surface area (Å²) in [5.74, 6) is 0.898. The Bertz CT molecular complexity index is 416. The van der Waals surface area contributed by atoms with E-state index < -0.39 is 0 Å². The molecule has 1 aromatic rings. The molecule has 1 aromatic heterocycles. The summed E-state index contributed by atoms with van der Waals surface area (Å²) in [7, 11) is 0. The highest BCUT2D eigenvalue weighted by Gasteiger charge is 2.17. The maximum absolute atomic E-state index is 11.9. The second kappa shape index (κ2) is 8.78. The zero-order chi connectivity index (χ0) is 14.9. The Morgan fingerprint density at radius 2 is 2.19 bits per heavy atom. The number of pyridine rings is 1. The third-order valence-corrected chi connectivity index (χ3v) is 4.32. The molecule has 0 radical (unpaired) electrons. The van der Waals surface area contributed by atoms with Crippen molar-refractivity contribution in [1.82, 2.24) is 10.3 Å². The molecule has 0 saturated heterocycles. The van der Waals surface area contributed by atoms with Crippen molar-refractivity contribution in [3.05, 3.63) is 30.1 Å². The fourth-order valence-electron chi connectivity index (χ4n) is 3.00.